The van der Waals surface area contributed by atoms with E-state index in [0.29, 0.717) is 24.6 Å². The van der Waals surface area contributed by atoms with Crippen LogP contribution in [0.4, 0.5) is 0 Å². The number of carbonyl (C=O) groups excluding carboxylic acids is 3. The van der Waals surface area contributed by atoms with Crippen molar-refractivity contribution in [2.24, 2.45) is 0 Å². The molecule has 0 aliphatic carbocycles. The Labute approximate surface area is 150 Å². The van der Waals surface area contributed by atoms with E-state index in [4.69, 9.17) is 16.3 Å². The molecule has 1 aromatic rings. The van der Waals surface area contributed by atoms with Gasteiger partial charge in [0.15, 0.2) is 0 Å². The Balaban J connectivity index is 1.41. The van der Waals surface area contributed by atoms with Gasteiger partial charge in [-0.25, -0.2) is 0 Å². The first-order valence-corrected chi connectivity index (χ1v) is 8.65. The van der Waals surface area contributed by atoms with Crippen LogP contribution in [0.25, 0.3) is 0 Å². The fourth-order valence-electron chi connectivity index (χ4n) is 3.21. The van der Waals surface area contributed by atoms with E-state index in [-0.39, 0.29) is 25.1 Å². The van der Waals surface area contributed by atoms with Gasteiger partial charge in [-0.3, -0.25) is 14.4 Å². The van der Waals surface area contributed by atoms with Crippen LogP contribution in [0.5, 0.6) is 0 Å². The third kappa shape index (κ3) is 3.93. The topological polar surface area (TPSA) is 87.7 Å². The molecule has 0 spiro atoms. The molecule has 2 atom stereocenters. The number of fused-ring (bicyclic) bond motifs is 2. The number of benzene rings is 1. The lowest BCUT2D eigenvalue weighted by atomic mass is 10.2. The van der Waals surface area contributed by atoms with Gasteiger partial charge in [0.2, 0.25) is 5.91 Å². The highest BCUT2D eigenvalue weighted by atomic mass is 35.5. The fraction of sp³-hybridized carbons (Fsp3) is 0.471. The minimum absolute atomic E-state index is 0.0857. The van der Waals surface area contributed by atoms with Gasteiger partial charge in [-0.15, -0.1) is 0 Å². The molecule has 1 aromatic carbocycles. The summed E-state index contributed by atoms with van der Waals surface area (Å²) >= 11 is 6.03. The SMILES string of the molecule is O=C(NCCOCc1ccccc1Cl)C(=O)N1C2CCC1C(=O)NC2. The average molecular weight is 366 g/mol. The van der Waals surface area contributed by atoms with E-state index < -0.39 is 17.9 Å². The first-order valence-electron chi connectivity index (χ1n) is 8.27. The van der Waals surface area contributed by atoms with Gasteiger partial charge in [0.05, 0.1) is 19.3 Å². The summed E-state index contributed by atoms with van der Waals surface area (Å²) in [6.07, 6.45) is 1.35. The molecule has 2 saturated heterocycles. The van der Waals surface area contributed by atoms with Crippen LogP contribution in [0.1, 0.15) is 18.4 Å². The van der Waals surface area contributed by atoms with Crippen molar-refractivity contribution in [3.63, 3.8) is 0 Å². The summed E-state index contributed by atoms with van der Waals surface area (Å²) in [4.78, 5) is 37.6. The molecule has 0 radical (unpaired) electrons. The molecule has 2 heterocycles. The molecular weight excluding hydrogens is 346 g/mol. The number of ether oxygens (including phenoxy) is 1. The Morgan fingerprint density at radius 1 is 1.32 bits per heavy atom. The minimum Gasteiger partial charge on any atom is -0.375 e. The zero-order valence-electron chi connectivity index (χ0n) is 13.7. The lowest BCUT2D eigenvalue weighted by molar-refractivity contribution is -0.151. The van der Waals surface area contributed by atoms with Gasteiger partial charge in [-0.1, -0.05) is 29.8 Å². The second-order valence-corrected chi connectivity index (χ2v) is 6.51. The Kier molecular flexibility index (Phi) is 5.55. The summed E-state index contributed by atoms with van der Waals surface area (Å²) in [5.41, 5.74) is 0.863. The van der Waals surface area contributed by atoms with E-state index in [9.17, 15) is 14.4 Å². The molecule has 2 fully saturated rings. The van der Waals surface area contributed by atoms with Crippen molar-refractivity contribution in [2.75, 3.05) is 19.7 Å². The maximum atomic E-state index is 12.3. The van der Waals surface area contributed by atoms with Crippen molar-refractivity contribution in [3.05, 3.63) is 34.9 Å². The lowest BCUT2D eigenvalue weighted by Crippen LogP contribution is -2.60. The number of nitrogens with zero attached hydrogens (tertiary/aromatic N) is 1. The number of piperazine rings is 1. The van der Waals surface area contributed by atoms with Gasteiger partial charge in [0.1, 0.15) is 6.04 Å². The van der Waals surface area contributed by atoms with Gasteiger partial charge in [0, 0.05) is 18.1 Å². The Hall–Kier alpha value is -2.12. The van der Waals surface area contributed by atoms with Crippen LogP contribution in [0, 0.1) is 0 Å². The highest BCUT2D eigenvalue weighted by Crippen LogP contribution is 2.27. The molecule has 2 aliphatic rings. The number of amides is 3. The van der Waals surface area contributed by atoms with E-state index in [1.807, 2.05) is 18.2 Å². The van der Waals surface area contributed by atoms with Gasteiger partial charge in [0.25, 0.3) is 0 Å². The Morgan fingerprint density at radius 3 is 2.92 bits per heavy atom. The van der Waals surface area contributed by atoms with Crippen LogP contribution in [0.15, 0.2) is 24.3 Å². The lowest BCUT2D eigenvalue weighted by Gasteiger charge is -2.33. The number of hydrogen-bond acceptors (Lipinski definition) is 4. The maximum absolute atomic E-state index is 12.3. The van der Waals surface area contributed by atoms with Crippen molar-refractivity contribution in [1.29, 1.82) is 0 Å². The van der Waals surface area contributed by atoms with E-state index in [0.717, 1.165) is 12.0 Å². The highest BCUT2D eigenvalue weighted by Gasteiger charge is 2.46. The number of carbonyl (C=O) groups is 3. The molecule has 2 bridgehead atoms. The summed E-state index contributed by atoms with van der Waals surface area (Å²) in [6, 6.07) is 6.75. The van der Waals surface area contributed by atoms with Gasteiger partial charge in [-0.05, 0) is 24.5 Å². The molecule has 8 heteroatoms. The number of hydrogen-bond donors (Lipinski definition) is 2. The minimum atomic E-state index is -0.701. The quantitative estimate of drug-likeness (QED) is 0.586. The van der Waals surface area contributed by atoms with Crippen LogP contribution in [-0.2, 0) is 25.7 Å². The first-order chi connectivity index (χ1) is 12.1. The van der Waals surface area contributed by atoms with Gasteiger partial charge in [-0.2, -0.15) is 0 Å². The Morgan fingerprint density at radius 2 is 2.12 bits per heavy atom. The molecule has 2 N–H and O–H groups in total. The summed E-state index contributed by atoms with van der Waals surface area (Å²) in [6.45, 7) is 1.22. The molecule has 7 nitrogen and oxygen atoms in total. The largest absolute Gasteiger partial charge is 0.375 e. The summed E-state index contributed by atoms with van der Waals surface area (Å²) < 4.78 is 5.46. The van der Waals surface area contributed by atoms with Crippen LogP contribution in [0.2, 0.25) is 5.02 Å². The van der Waals surface area contributed by atoms with E-state index in [1.54, 1.807) is 6.07 Å². The summed E-state index contributed by atoms with van der Waals surface area (Å²) in [5.74, 6) is -1.53. The molecule has 2 aliphatic heterocycles. The molecule has 3 rings (SSSR count). The number of halogens is 1. The third-order valence-electron chi connectivity index (χ3n) is 4.49. The van der Waals surface area contributed by atoms with E-state index in [2.05, 4.69) is 10.6 Å². The van der Waals surface area contributed by atoms with Crippen molar-refractivity contribution in [1.82, 2.24) is 15.5 Å². The predicted octanol–water partition coefficient (Wildman–Crippen LogP) is 0.462. The summed E-state index contributed by atoms with van der Waals surface area (Å²) in [7, 11) is 0. The molecular formula is C17H20ClN3O4. The molecule has 3 amide bonds. The molecule has 0 saturated carbocycles. The molecule has 2 unspecified atom stereocenters. The Bertz CT molecular complexity index is 682. The molecule has 134 valence electrons. The second kappa shape index (κ2) is 7.84. The summed E-state index contributed by atoms with van der Waals surface area (Å²) in [5, 5.41) is 5.92. The van der Waals surface area contributed by atoms with Crippen LogP contribution in [-0.4, -0.2) is 54.4 Å². The average Bonchev–Trinajstić information content (AvgIpc) is 2.95. The van der Waals surface area contributed by atoms with Gasteiger partial charge < -0.3 is 20.3 Å². The smallest absolute Gasteiger partial charge is 0.312 e. The van der Waals surface area contributed by atoms with Crippen molar-refractivity contribution < 1.29 is 19.1 Å². The normalized spacial score (nSPS) is 21.8. The second-order valence-electron chi connectivity index (χ2n) is 6.10. The van der Waals surface area contributed by atoms with E-state index >= 15 is 0 Å². The first kappa shape index (κ1) is 17.7. The molecule has 0 aromatic heterocycles. The van der Waals surface area contributed by atoms with Crippen LogP contribution >= 0.6 is 11.6 Å². The van der Waals surface area contributed by atoms with Gasteiger partial charge >= 0.3 is 11.8 Å². The fourth-order valence-corrected chi connectivity index (χ4v) is 3.40. The molecule has 25 heavy (non-hydrogen) atoms. The van der Waals surface area contributed by atoms with Crippen LogP contribution < -0.4 is 10.6 Å². The monoisotopic (exact) mass is 365 g/mol. The predicted molar refractivity (Wildman–Crippen MR) is 90.8 cm³/mol. The van der Waals surface area contributed by atoms with Crippen molar-refractivity contribution in [2.45, 2.75) is 31.5 Å². The van der Waals surface area contributed by atoms with Crippen molar-refractivity contribution in [3.8, 4) is 0 Å². The number of rotatable bonds is 5. The maximum Gasteiger partial charge on any atom is 0.312 e. The van der Waals surface area contributed by atoms with E-state index in [1.165, 1.54) is 4.90 Å². The standard InChI is InChI=1S/C17H20ClN3O4/c18-13-4-2-1-3-11(13)10-25-8-7-19-16(23)17(24)21-12-5-6-14(21)15(22)20-9-12/h1-4,12,14H,5-10H2,(H,19,23)(H,20,22). The zero-order valence-corrected chi connectivity index (χ0v) is 14.4. The third-order valence-corrected chi connectivity index (χ3v) is 4.86. The van der Waals surface area contributed by atoms with Crippen molar-refractivity contribution >= 4 is 29.3 Å². The highest BCUT2D eigenvalue weighted by molar-refractivity contribution is 6.35. The number of nitrogens with one attached hydrogen (secondary N) is 2. The zero-order chi connectivity index (χ0) is 17.8. The van der Waals surface area contributed by atoms with Crippen LogP contribution in [0.3, 0.4) is 0 Å².